The predicted molar refractivity (Wildman–Crippen MR) is 347 cm³/mol. The fraction of sp³-hybridized carbons (Fsp3) is 0.450. The maximum Gasteiger partial charge on any atom is 0.573 e. The molecule has 34 heteroatoms. The zero-order valence-corrected chi connectivity index (χ0v) is 57.4. The molecule has 94 heavy (non-hydrogen) atoms. The number of sulfonamides is 4. The van der Waals surface area contributed by atoms with Gasteiger partial charge in [-0.1, -0.05) is 57.2 Å². The smallest absolute Gasteiger partial charge is 0.415 e. The van der Waals surface area contributed by atoms with Gasteiger partial charge in [-0.15, -0.1) is 26.3 Å². The first-order valence-corrected chi connectivity index (χ1v) is 38.6. The van der Waals surface area contributed by atoms with E-state index < -0.39 is 95.5 Å². The summed E-state index contributed by atoms with van der Waals surface area (Å²) in [6, 6.07) is 21.5. The van der Waals surface area contributed by atoms with Crippen LogP contribution in [0.1, 0.15) is 86.8 Å². The van der Waals surface area contributed by atoms with E-state index in [1.54, 1.807) is 50.2 Å². The Hall–Kier alpha value is -7.23. The van der Waals surface area contributed by atoms with E-state index >= 15 is 0 Å². The average molecular weight is 1420 g/mol. The van der Waals surface area contributed by atoms with Gasteiger partial charge in [-0.05, 0) is 141 Å². The van der Waals surface area contributed by atoms with E-state index in [0.29, 0.717) is 33.6 Å². The number of aliphatic imine (C=N–C) groups is 2. The Kier molecular flexibility index (Phi) is 23.7. The number of alkyl halides is 6. The second-order valence-electron chi connectivity index (χ2n) is 23.8. The summed E-state index contributed by atoms with van der Waals surface area (Å²) in [5, 5.41) is 23.8. The molecule has 0 aliphatic carbocycles. The van der Waals surface area contributed by atoms with E-state index in [9.17, 15) is 74.7 Å². The van der Waals surface area contributed by atoms with Gasteiger partial charge in [0.05, 0.1) is 56.3 Å². The molecule has 3 N–H and O–H groups in total. The van der Waals surface area contributed by atoms with Crippen molar-refractivity contribution in [2.24, 2.45) is 9.98 Å². The molecule has 0 radical (unpaired) electrons. The van der Waals surface area contributed by atoms with Gasteiger partial charge in [-0.25, -0.2) is 33.7 Å². The third-order valence-electron chi connectivity index (χ3n) is 16.1. The average Bonchev–Trinajstić information content (AvgIpc) is 1.60. The van der Waals surface area contributed by atoms with Crippen molar-refractivity contribution in [3.05, 3.63) is 129 Å². The third-order valence-corrected chi connectivity index (χ3v) is 26.1. The minimum atomic E-state index is -4.88. The molecule has 514 valence electrons. The topological polar surface area (TPSA) is 304 Å². The second-order valence-corrected chi connectivity index (χ2v) is 36.1. The SMILES string of the molecule is CC#N.Cc1cc(N(CCO)S(C)(=O)=O)ccc1/C=C/S(=O)(=O)N1CCC2(CC1)N=C(c1cccc(OC(F)(F)F)c1)NC2=O.Cc1cc(N(CCO[Si](C)(C)C(C)(C)C)S(C)(=O)=O)ccc1/C=C/S(=O)(=O)N1CCC2(CC1)N=C(c1cccc(OC(F)(F)F)c1)NC2=O. The van der Waals surface area contributed by atoms with Crippen molar-refractivity contribution in [3.8, 4) is 17.6 Å². The molecule has 4 aliphatic heterocycles. The minimum Gasteiger partial charge on any atom is -0.415 e. The van der Waals surface area contributed by atoms with Gasteiger partial charge in [-0.2, -0.15) is 13.9 Å². The van der Waals surface area contributed by atoms with Crippen LogP contribution < -0.4 is 28.7 Å². The first-order valence-electron chi connectivity index (χ1n) is 29.0. The van der Waals surface area contributed by atoms with Crippen molar-refractivity contribution in [2.45, 2.75) is 109 Å². The number of rotatable bonds is 20. The van der Waals surface area contributed by atoms with Crippen LogP contribution in [-0.2, 0) is 54.1 Å². The highest BCUT2D eigenvalue weighted by atomic mass is 32.2. The summed E-state index contributed by atoms with van der Waals surface area (Å²) in [4.78, 5) is 34.8. The molecule has 4 aromatic rings. The number of aryl methyl sites for hydroxylation is 2. The second kappa shape index (κ2) is 29.4. The number of nitriles is 1. The quantitative estimate of drug-likeness (QED) is 0.0554. The zero-order valence-electron chi connectivity index (χ0n) is 53.2. The highest BCUT2D eigenvalue weighted by Gasteiger charge is 2.49. The van der Waals surface area contributed by atoms with Crippen molar-refractivity contribution in [1.29, 1.82) is 5.26 Å². The number of nitrogens with zero attached hydrogens (tertiary/aromatic N) is 7. The third kappa shape index (κ3) is 19.7. The molecule has 23 nitrogen and oxygen atoms in total. The van der Waals surface area contributed by atoms with E-state index in [1.165, 1.54) is 62.3 Å². The monoisotopic (exact) mass is 1420 g/mol. The largest absolute Gasteiger partial charge is 0.573 e. The van der Waals surface area contributed by atoms with E-state index in [2.05, 4.69) is 64.0 Å². The number of benzene rings is 4. The Labute approximate surface area is 545 Å². The van der Waals surface area contributed by atoms with Crippen LogP contribution in [-0.4, -0.2) is 168 Å². The number of anilines is 2. The van der Waals surface area contributed by atoms with Gasteiger partial charge in [0, 0.05) is 55.0 Å². The van der Waals surface area contributed by atoms with E-state index in [1.807, 2.05) is 0 Å². The summed E-state index contributed by atoms with van der Waals surface area (Å²) in [5.74, 6) is -1.68. The summed E-state index contributed by atoms with van der Waals surface area (Å²) >= 11 is 0. The van der Waals surface area contributed by atoms with Gasteiger partial charge in [-0.3, -0.25) is 28.2 Å². The van der Waals surface area contributed by atoms with Crippen LogP contribution in [0.15, 0.2) is 106 Å². The van der Waals surface area contributed by atoms with Crippen molar-refractivity contribution in [1.82, 2.24) is 19.2 Å². The Morgan fingerprint density at radius 1 is 0.638 bits per heavy atom. The molecule has 2 saturated heterocycles. The fourth-order valence-corrected chi connectivity index (χ4v) is 15.3. The Bertz CT molecular complexity index is 4100. The highest BCUT2D eigenvalue weighted by molar-refractivity contribution is 7.93. The Morgan fingerprint density at radius 3 is 1.32 bits per heavy atom. The lowest BCUT2D eigenvalue weighted by atomic mass is 9.89. The number of hydrogen-bond acceptors (Lipinski definition) is 17. The maximum atomic E-state index is 13.3. The van der Waals surface area contributed by atoms with Crippen LogP contribution in [0.4, 0.5) is 37.7 Å². The molecule has 4 aromatic carbocycles. The summed E-state index contributed by atoms with van der Waals surface area (Å²) in [6.45, 7) is 15.2. The summed E-state index contributed by atoms with van der Waals surface area (Å²) < 4.78 is 197. The Morgan fingerprint density at radius 2 is 1.00 bits per heavy atom. The van der Waals surface area contributed by atoms with E-state index in [0.717, 1.165) is 51.9 Å². The van der Waals surface area contributed by atoms with Gasteiger partial charge in [0.2, 0.25) is 40.1 Å². The van der Waals surface area contributed by atoms with Gasteiger partial charge < -0.3 is 29.6 Å². The number of hydrogen-bond donors (Lipinski definition) is 3. The molecular weight excluding hydrogens is 1340 g/mol. The molecule has 0 atom stereocenters. The molecular formula is C60H75F6N9O14S4Si. The molecule has 0 aromatic heterocycles. The van der Waals surface area contributed by atoms with Crippen molar-refractivity contribution < 1.29 is 88.6 Å². The number of halogens is 6. The molecule has 0 unspecified atom stereocenters. The molecule has 2 amide bonds. The number of amides is 2. The van der Waals surface area contributed by atoms with Crippen LogP contribution >= 0.6 is 0 Å². The van der Waals surface area contributed by atoms with Crippen LogP contribution in [0.2, 0.25) is 18.1 Å². The van der Waals surface area contributed by atoms with Crippen LogP contribution in [0.25, 0.3) is 12.2 Å². The molecule has 2 fully saturated rings. The number of piperidine rings is 2. The molecule has 4 heterocycles. The fourth-order valence-electron chi connectivity index (χ4n) is 10.0. The maximum absolute atomic E-state index is 13.3. The first kappa shape index (κ1) is 75.8. The van der Waals surface area contributed by atoms with Crippen LogP contribution in [0.3, 0.4) is 0 Å². The molecule has 2 spiro atoms. The predicted octanol–water partition coefficient (Wildman–Crippen LogP) is 8.29. The normalized spacial score (nSPS) is 17.3. The van der Waals surface area contributed by atoms with Gasteiger partial charge in [0.1, 0.15) is 34.2 Å². The van der Waals surface area contributed by atoms with Gasteiger partial charge in [0.15, 0.2) is 8.32 Å². The highest BCUT2D eigenvalue weighted by Crippen LogP contribution is 2.38. The number of carbonyl (C=O) groups excluding carboxylic acids is 2. The lowest BCUT2D eigenvalue weighted by molar-refractivity contribution is -0.275. The Balaban J connectivity index is 0.000000289. The summed E-state index contributed by atoms with van der Waals surface area (Å²) in [7, 11) is -17.2. The number of nitrogens with one attached hydrogen (secondary N) is 2. The molecule has 0 saturated carbocycles. The summed E-state index contributed by atoms with van der Waals surface area (Å²) in [6.07, 6.45) is -4.50. The van der Waals surface area contributed by atoms with Crippen molar-refractivity contribution >= 4 is 95.4 Å². The number of ether oxygens (including phenoxy) is 2. The van der Waals surface area contributed by atoms with Gasteiger partial charge >= 0.3 is 12.7 Å². The number of aliphatic hydroxyl groups excluding tert-OH is 1. The lowest BCUT2D eigenvalue weighted by Crippen LogP contribution is -2.50. The van der Waals surface area contributed by atoms with E-state index in [4.69, 9.17) is 9.69 Å². The van der Waals surface area contributed by atoms with Gasteiger partial charge in [0.25, 0.3) is 11.8 Å². The standard InChI is InChI=1S/C32H43F3N4O7S2Si.C26H29F3N4O7S2.C2H3N/c1-23-21-26(39(47(5,41)42)18-19-45-49(6,7)30(2,3)4)12-11-24(23)13-20-48(43,44)38-16-14-31(15-17-38)29(40)36-28(37-31)25-9-8-10-27(22-25)46-32(33,34)35;1-18-16-21(33(13-14-34)41(2,36)37)7-6-19(18)8-15-42(38,39)32-11-9-25(10-12-32)24(35)30-23(31-25)20-4-3-5-22(17-20)40-26(27,28)29;1-2-3/h8-13,20-22H,14-19H2,1-7H3,(H,36,37,40);3-8,15-17,34H,9-14H2,1-2H3,(H,30,31,35);1H3/b20-13+;15-8+;. The first-order chi connectivity index (χ1) is 43.4. The minimum absolute atomic E-state index is 0.00765. The zero-order chi connectivity index (χ0) is 70.3. The molecule has 8 rings (SSSR count). The van der Waals surface area contributed by atoms with Crippen LogP contribution in [0, 0.1) is 25.2 Å². The molecule has 4 aliphatic rings. The lowest BCUT2D eigenvalue weighted by Gasteiger charge is -2.36. The van der Waals surface area contributed by atoms with Crippen LogP contribution in [0.5, 0.6) is 11.5 Å². The van der Waals surface area contributed by atoms with Crippen molar-refractivity contribution in [2.75, 3.05) is 73.6 Å². The number of carbonyl (C=O) groups is 2. The van der Waals surface area contributed by atoms with E-state index in [-0.39, 0.29) is 106 Å². The molecule has 0 bridgehead atoms. The summed E-state index contributed by atoms with van der Waals surface area (Å²) in [5.41, 5.74) is 1.10. The number of amidine groups is 2. The number of aliphatic hydroxyl groups is 1. The van der Waals surface area contributed by atoms with Crippen molar-refractivity contribution in [3.63, 3.8) is 0 Å².